The van der Waals surface area contributed by atoms with Crippen molar-refractivity contribution in [2.24, 2.45) is 4.99 Å². The first-order valence-corrected chi connectivity index (χ1v) is 9.69. The highest BCUT2D eigenvalue weighted by atomic mass is 32.1. The first kappa shape index (κ1) is 16.9. The average Bonchev–Trinajstić information content (AvgIpc) is 3.14. The van der Waals surface area contributed by atoms with E-state index in [0.717, 1.165) is 31.2 Å². The summed E-state index contributed by atoms with van der Waals surface area (Å²) < 4.78 is 1.33. The van der Waals surface area contributed by atoms with Gasteiger partial charge < -0.3 is 10.6 Å². The van der Waals surface area contributed by atoms with Gasteiger partial charge in [0.1, 0.15) is 0 Å². The molecule has 0 radical (unpaired) electrons. The number of rotatable bonds is 5. The Balaban J connectivity index is 1.52. The zero-order valence-electron chi connectivity index (χ0n) is 14.2. The fourth-order valence-corrected chi connectivity index (χ4v) is 4.40. The first-order chi connectivity index (χ1) is 11.7. The van der Waals surface area contributed by atoms with Crippen LogP contribution >= 0.6 is 22.7 Å². The van der Waals surface area contributed by atoms with Gasteiger partial charge in [-0.25, -0.2) is 4.98 Å². The fourth-order valence-electron chi connectivity index (χ4n) is 2.50. The molecule has 0 aliphatic heterocycles. The molecule has 0 spiro atoms. The summed E-state index contributed by atoms with van der Waals surface area (Å²) in [6.45, 7) is 5.79. The third-order valence-corrected chi connectivity index (χ3v) is 6.08. The standard InChI is InChI=1S/C18H22N4S2/c1-12-13(2)24-17(22-12)8-9-20-18(19-3)21-10-14-11-23-16-7-5-4-6-15(14)16/h4-7,11H,8-10H2,1-3H3,(H2,19,20,21). The molecule has 0 bridgehead atoms. The molecule has 0 saturated carbocycles. The van der Waals surface area contributed by atoms with E-state index in [0.29, 0.717) is 0 Å². The number of fused-ring (bicyclic) bond motifs is 1. The molecule has 0 amide bonds. The minimum absolute atomic E-state index is 0.777. The van der Waals surface area contributed by atoms with Gasteiger partial charge in [0.15, 0.2) is 5.96 Å². The van der Waals surface area contributed by atoms with Crippen LogP contribution in [0.2, 0.25) is 0 Å². The lowest BCUT2D eigenvalue weighted by Gasteiger charge is -2.11. The number of benzene rings is 1. The van der Waals surface area contributed by atoms with Crippen molar-refractivity contribution in [3.63, 3.8) is 0 Å². The van der Waals surface area contributed by atoms with Crippen molar-refractivity contribution < 1.29 is 0 Å². The van der Waals surface area contributed by atoms with E-state index in [-0.39, 0.29) is 0 Å². The van der Waals surface area contributed by atoms with E-state index in [2.05, 4.69) is 64.1 Å². The Labute approximate surface area is 150 Å². The maximum Gasteiger partial charge on any atom is 0.191 e. The van der Waals surface area contributed by atoms with E-state index >= 15 is 0 Å². The molecule has 1 aromatic carbocycles. The van der Waals surface area contributed by atoms with Gasteiger partial charge in [0, 0.05) is 36.1 Å². The lowest BCUT2D eigenvalue weighted by molar-refractivity contribution is 0.793. The zero-order valence-corrected chi connectivity index (χ0v) is 15.9. The second kappa shape index (κ2) is 7.77. The molecule has 0 aliphatic rings. The Morgan fingerprint density at radius 3 is 2.79 bits per heavy atom. The van der Waals surface area contributed by atoms with Crippen molar-refractivity contribution in [2.75, 3.05) is 13.6 Å². The predicted molar refractivity (Wildman–Crippen MR) is 105 cm³/mol. The Morgan fingerprint density at radius 1 is 1.21 bits per heavy atom. The third-order valence-electron chi connectivity index (χ3n) is 3.94. The van der Waals surface area contributed by atoms with Crippen molar-refractivity contribution in [2.45, 2.75) is 26.8 Å². The number of hydrogen-bond acceptors (Lipinski definition) is 4. The van der Waals surface area contributed by atoms with E-state index < -0.39 is 0 Å². The van der Waals surface area contributed by atoms with Gasteiger partial charge in [-0.05, 0) is 36.2 Å². The normalized spacial score (nSPS) is 11.9. The highest BCUT2D eigenvalue weighted by molar-refractivity contribution is 7.17. The van der Waals surface area contributed by atoms with Crippen molar-refractivity contribution in [1.82, 2.24) is 15.6 Å². The molecule has 0 unspecified atom stereocenters. The molecule has 4 nitrogen and oxygen atoms in total. The molecule has 0 fully saturated rings. The van der Waals surface area contributed by atoms with Crippen LogP contribution in [-0.4, -0.2) is 24.5 Å². The monoisotopic (exact) mass is 358 g/mol. The topological polar surface area (TPSA) is 49.3 Å². The van der Waals surface area contributed by atoms with Crippen LogP contribution in [-0.2, 0) is 13.0 Å². The molecular weight excluding hydrogens is 336 g/mol. The van der Waals surface area contributed by atoms with Crippen LogP contribution in [0.3, 0.4) is 0 Å². The molecule has 3 aromatic rings. The number of aromatic nitrogens is 1. The molecule has 2 N–H and O–H groups in total. The van der Waals surface area contributed by atoms with E-state index in [4.69, 9.17) is 0 Å². The molecule has 3 rings (SSSR count). The van der Waals surface area contributed by atoms with Crippen molar-refractivity contribution in [1.29, 1.82) is 0 Å². The maximum absolute atomic E-state index is 4.57. The third kappa shape index (κ3) is 3.94. The van der Waals surface area contributed by atoms with E-state index in [1.807, 2.05) is 0 Å². The summed E-state index contributed by atoms with van der Waals surface area (Å²) in [5.74, 6) is 0.829. The van der Waals surface area contributed by atoms with Gasteiger partial charge in [-0.15, -0.1) is 22.7 Å². The van der Waals surface area contributed by atoms with Crippen molar-refractivity contribution in [3.05, 3.63) is 50.8 Å². The summed E-state index contributed by atoms with van der Waals surface area (Å²) >= 11 is 3.56. The minimum Gasteiger partial charge on any atom is -0.356 e. The number of thiophene rings is 1. The number of nitrogens with zero attached hydrogens (tertiary/aromatic N) is 2. The molecule has 0 atom stereocenters. The van der Waals surface area contributed by atoms with Crippen molar-refractivity contribution >= 4 is 38.7 Å². The van der Waals surface area contributed by atoms with Gasteiger partial charge in [-0.2, -0.15) is 0 Å². The summed E-state index contributed by atoms with van der Waals surface area (Å²) in [5.41, 5.74) is 2.45. The van der Waals surface area contributed by atoms with Gasteiger partial charge in [-0.3, -0.25) is 4.99 Å². The lowest BCUT2D eigenvalue weighted by atomic mass is 10.2. The van der Waals surface area contributed by atoms with Crippen LogP contribution < -0.4 is 10.6 Å². The second-order valence-electron chi connectivity index (χ2n) is 5.61. The second-order valence-corrected chi connectivity index (χ2v) is 7.81. The number of thiazole rings is 1. The van der Waals surface area contributed by atoms with Gasteiger partial charge >= 0.3 is 0 Å². The van der Waals surface area contributed by atoms with Crippen molar-refractivity contribution in [3.8, 4) is 0 Å². The van der Waals surface area contributed by atoms with E-state index in [9.17, 15) is 0 Å². The first-order valence-electron chi connectivity index (χ1n) is 8.00. The SMILES string of the molecule is CN=C(NCCc1nc(C)c(C)s1)NCc1csc2ccccc12. The van der Waals surface area contributed by atoms with Crippen LogP contribution in [0.25, 0.3) is 10.1 Å². The van der Waals surface area contributed by atoms with Gasteiger partial charge in [0.05, 0.1) is 10.7 Å². The van der Waals surface area contributed by atoms with E-state index in [1.54, 1.807) is 29.7 Å². The molecule has 0 aliphatic carbocycles. The summed E-state index contributed by atoms with van der Waals surface area (Å²) in [4.78, 5) is 10.2. The molecule has 6 heteroatoms. The minimum atomic E-state index is 0.777. The van der Waals surface area contributed by atoms with Gasteiger partial charge in [-0.1, -0.05) is 18.2 Å². The average molecular weight is 359 g/mol. The highest BCUT2D eigenvalue weighted by Gasteiger charge is 2.06. The van der Waals surface area contributed by atoms with Gasteiger partial charge in [0.25, 0.3) is 0 Å². The van der Waals surface area contributed by atoms with E-state index in [1.165, 1.54) is 25.5 Å². The Bertz CT molecular complexity index is 828. The molecular formula is C18H22N4S2. The summed E-state index contributed by atoms with van der Waals surface area (Å²) in [6, 6.07) is 8.50. The zero-order chi connectivity index (χ0) is 16.9. The van der Waals surface area contributed by atoms with Crippen LogP contribution in [0.4, 0.5) is 0 Å². The number of aliphatic imine (C=N–C) groups is 1. The molecule has 24 heavy (non-hydrogen) atoms. The molecule has 2 heterocycles. The molecule has 126 valence electrons. The van der Waals surface area contributed by atoms with Crippen LogP contribution in [0.1, 0.15) is 21.1 Å². The fraction of sp³-hybridized carbons (Fsp3) is 0.333. The smallest absolute Gasteiger partial charge is 0.191 e. The molecule has 2 aromatic heterocycles. The largest absolute Gasteiger partial charge is 0.356 e. The number of nitrogens with one attached hydrogen (secondary N) is 2. The number of aryl methyl sites for hydroxylation is 2. The van der Waals surface area contributed by atoms with Crippen LogP contribution in [0, 0.1) is 13.8 Å². The summed E-state index contributed by atoms with van der Waals surface area (Å²) in [5, 5.41) is 11.5. The van der Waals surface area contributed by atoms with Crippen LogP contribution in [0.5, 0.6) is 0 Å². The lowest BCUT2D eigenvalue weighted by Crippen LogP contribution is -2.37. The Kier molecular flexibility index (Phi) is 5.48. The quantitative estimate of drug-likeness (QED) is 0.537. The highest BCUT2D eigenvalue weighted by Crippen LogP contribution is 2.25. The summed E-state index contributed by atoms with van der Waals surface area (Å²) in [7, 11) is 1.80. The molecule has 0 saturated heterocycles. The number of guanidine groups is 1. The number of hydrogen-bond donors (Lipinski definition) is 2. The van der Waals surface area contributed by atoms with Gasteiger partial charge in [0.2, 0.25) is 0 Å². The Hall–Kier alpha value is -1.92. The Morgan fingerprint density at radius 2 is 2.04 bits per heavy atom. The summed E-state index contributed by atoms with van der Waals surface area (Å²) in [6.07, 6.45) is 0.918. The maximum atomic E-state index is 4.57. The van der Waals surface area contributed by atoms with Crippen LogP contribution in [0.15, 0.2) is 34.6 Å². The predicted octanol–water partition coefficient (Wildman–Crippen LogP) is 3.88.